The van der Waals surface area contributed by atoms with Crippen LogP contribution in [0.4, 0.5) is 0 Å². The first-order valence-electron chi connectivity index (χ1n) is 6.90. The average Bonchev–Trinajstić information content (AvgIpc) is 2.84. The van der Waals surface area contributed by atoms with Gasteiger partial charge in [-0.05, 0) is 19.5 Å². The van der Waals surface area contributed by atoms with Gasteiger partial charge in [-0.3, -0.25) is 0 Å². The van der Waals surface area contributed by atoms with E-state index in [1.54, 1.807) is 7.11 Å². The molecule has 5 nitrogen and oxygen atoms in total. The van der Waals surface area contributed by atoms with E-state index in [1.165, 1.54) is 0 Å². The van der Waals surface area contributed by atoms with E-state index in [0.29, 0.717) is 24.5 Å². The van der Waals surface area contributed by atoms with Crippen molar-refractivity contribution in [2.75, 3.05) is 20.3 Å². The largest absolute Gasteiger partial charge is 0.497 e. The first-order valence-corrected chi connectivity index (χ1v) is 6.90. The monoisotopic (exact) mass is 279 g/mol. The second-order valence-corrected chi connectivity index (χ2v) is 4.75. The van der Waals surface area contributed by atoms with E-state index in [0.717, 1.165) is 12.1 Å². The fourth-order valence-corrected chi connectivity index (χ4v) is 2.26. The minimum absolute atomic E-state index is 0.137. The van der Waals surface area contributed by atoms with Gasteiger partial charge in [0.15, 0.2) is 6.10 Å². The molecule has 1 aromatic rings. The van der Waals surface area contributed by atoms with Crippen LogP contribution in [-0.4, -0.2) is 32.3 Å². The van der Waals surface area contributed by atoms with Gasteiger partial charge in [0, 0.05) is 24.1 Å². The molecule has 0 radical (unpaired) electrons. The molecule has 1 aliphatic rings. The quantitative estimate of drug-likeness (QED) is 0.808. The molecule has 1 fully saturated rings. The standard InChI is InChI=1S/C15H21NO4/c1-4-16-10(2)12-6-5-11(18-3)9-14(12)20-13-7-8-19-15(13)17/h5-6,9-10,13,16H,4,7-8H2,1-3H3. The van der Waals surface area contributed by atoms with E-state index in [-0.39, 0.29) is 12.0 Å². The molecule has 2 rings (SSSR count). The number of nitrogens with one attached hydrogen (secondary N) is 1. The Labute approximate surface area is 119 Å². The fraction of sp³-hybridized carbons (Fsp3) is 0.533. The summed E-state index contributed by atoms with van der Waals surface area (Å²) >= 11 is 0. The van der Waals surface area contributed by atoms with Crippen molar-refractivity contribution in [1.29, 1.82) is 0 Å². The lowest BCUT2D eigenvalue weighted by Crippen LogP contribution is -2.24. The number of carbonyl (C=O) groups excluding carboxylic acids is 1. The number of ether oxygens (including phenoxy) is 3. The molecule has 2 unspecified atom stereocenters. The van der Waals surface area contributed by atoms with E-state index in [1.807, 2.05) is 18.2 Å². The lowest BCUT2D eigenvalue weighted by atomic mass is 10.1. The summed E-state index contributed by atoms with van der Waals surface area (Å²) in [6.07, 6.45) is 0.0696. The molecule has 1 heterocycles. The number of esters is 1. The highest BCUT2D eigenvalue weighted by molar-refractivity contribution is 5.76. The van der Waals surface area contributed by atoms with E-state index < -0.39 is 6.10 Å². The Morgan fingerprint density at radius 3 is 2.90 bits per heavy atom. The van der Waals surface area contributed by atoms with Gasteiger partial charge in [-0.1, -0.05) is 13.0 Å². The van der Waals surface area contributed by atoms with Gasteiger partial charge in [0.25, 0.3) is 0 Å². The number of benzene rings is 1. The van der Waals surface area contributed by atoms with Gasteiger partial charge >= 0.3 is 5.97 Å². The predicted octanol–water partition coefficient (Wildman–Crippen LogP) is 2.06. The Balaban J connectivity index is 2.24. The second-order valence-electron chi connectivity index (χ2n) is 4.75. The molecule has 20 heavy (non-hydrogen) atoms. The van der Waals surface area contributed by atoms with Crippen molar-refractivity contribution in [2.45, 2.75) is 32.4 Å². The van der Waals surface area contributed by atoms with Gasteiger partial charge in [-0.25, -0.2) is 4.79 Å². The fourth-order valence-electron chi connectivity index (χ4n) is 2.26. The summed E-state index contributed by atoms with van der Waals surface area (Å²) in [4.78, 5) is 11.5. The van der Waals surface area contributed by atoms with Crippen LogP contribution in [0.15, 0.2) is 18.2 Å². The molecule has 1 aliphatic heterocycles. The number of hydrogen-bond acceptors (Lipinski definition) is 5. The van der Waals surface area contributed by atoms with Crippen LogP contribution >= 0.6 is 0 Å². The SMILES string of the molecule is CCNC(C)c1ccc(OC)cc1OC1CCOC1=O. The van der Waals surface area contributed by atoms with Gasteiger partial charge in [0.2, 0.25) is 0 Å². The zero-order valence-electron chi connectivity index (χ0n) is 12.1. The highest BCUT2D eigenvalue weighted by atomic mass is 16.6. The van der Waals surface area contributed by atoms with Crippen LogP contribution in [0.5, 0.6) is 11.5 Å². The van der Waals surface area contributed by atoms with Crippen molar-refractivity contribution in [3.05, 3.63) is 23.8 Å². The van der Waals surface area contributed by atoms with Crippen LogP contribution in [0.3, 0.4) is 0 Å². The smallest absolute Gasteiger partial charge is 0.347 e. The van der Waals surface area contributed by atoms with E-state index >= 15 is 0 Å². The minimum atomic E-state index is -0.519. The van der Waals surface area contributed by atoms with Crippen LogP contribution < -0.4 is 14.8 Å². The second kappa shape index (κ2) is 6.61. The number of cyclic esters (lactones) is 1. The van der Waals surface area contributed by atoms with Crippen LogP contribution in [0.25, 0.3) is 0 Å². The number of rotatable bonds is 6. The molecule has 5 heteroatoms. The van der Waals surface area contributed by atoms with Crippen LogP contribution in [0, 0.1) is 0 Å². The molecule has 110 valence electrons. The minimum Gasteiger partial charge on any atom is -0.497 e. The zero-order valence-corrected chi connectivity index (χ0v) is 12.1. The number of hydrogen-bond donors (Lipinski definition) is 1. The molecule has 0 aliphatic carbocycles. The summed E-state index contributed by atoms with van der Waals surface area (Å²) in [5.74, 6) is 1.08. The molecule has 0 spiro atoms. The van der Waals surface area contributed by atoms with E-state index in [9.17, 15) is 4.79 Å². The maximum Gasteiger partial charge on any atom is 0.347 e. The van der Waals surface area contributed by atoms with Crippen molar-refractivity contribution in [3.8, 4) is 11.5 Å². The Kier molecular flexibility index (Phi) is 4.84. The lowest BCUT2D eigenvalue weighted by molar-refractivity contribution is -0.143. The van der Waals surface area contributed by atoms with Crippen molar-refractivity contribution in [3.63, 3.8) is 0 Å². The van der Waals surface area contributed by atoms with E-state index in [4.69, 9.17) is 14.2 Å². The lowest BCUT2D eigenvalue weighted by Gasteiger charge is -2.20. The summed E-state index contributed by atoms with van der Waals surface area (Å²) < 4.78 is 16.0. The normalized spacial score (nSPS) is 19.6. The van der Waals surface area contributed by atoms with Gasteiger partial charge in [-0.2, -0.15) is 0 Å². The highest BCUT2D eigenvalue weighted by Crippen LogP contribution is 2.31. The van der Waals surface area contributed by atoms with Crippen molar-refractivity contribution >= 4 is 5.97 Å². The van der Waals surface area contributed by atoms with Gasteiger partial charge in [-0.15, -0.1) is 0 Å². The Morgan fingerprint density at radius 2 is 2.30 bits per heavy atom. The number of carbonyl (C=O) groups is 1. The first kappa shape index (κ1) is 14.7. The van der Waals surface area contributed by atoms with Gasteiger partial charge in [0.05, 0.1) is 13.7 Å². The molecule has 0 bridgehead atoms. The molecule has 1 saturated heterocycles. The van der Waals surface area contributed by atoms with Crippen molar-refractivity contribution in [1.82, 2.24) is 5.32 Å². The Bertz CT molecular complexity index is 475. The van der Waals surface area contributed by atoms with Gasteiger partial charge in [0.1, 0.15) is 11.5 Å². The molecule has 0 amide bonds. The molecule has 1 aromatic carbocycles. The Hall–Kier alpha value is -1.75. The summed E-state index contributed by atoms with van der Waals surface area (Å²) in [6, 6.07) is 5.80. The molecule has 0 aromatic heterocycles. The maximum atomic E-state index is 11.5. The number of methoxy groups -OCH3 is 1. The van der Waals surface area contributed by atoms with Crippen molar-refractivity contribution in [2.24, 2.45) is 0 Å². The molecule has 0 saturated carbocycles. The zero-order chi connectivity index (χ0) is 14.5. The maximum absolute atomic E-state index is 11.5. The van der Waals surface area contributed by atoms with Gasteiger partial charge < -0.3 is 19.5 Å². The predicted molar refractivity (Wildman–Crippen MR) is 75.1 cm³/mol. The van der Waals surface area contributed by atoms with Crippen molar-refractivity contribution < 1.29 is 19.0 Å². The van der Waals surface area contributed by atoms with Crippen LogP contribution in [0.2, 0.25) is 0 Å². The third-order valence-electron chi connectivity index (χ3n) is 3.35. The topological polar surface area (TPSA) is 56.8 Å². The molecule has 2 atom stereocenters. The molecule has 1 N–H and O–H groups in total. The summed E-state index contributed by atoms with van der Waals surface area (Å²) in [5.41, 5.74) is 1.01. The summed E-state index contributed by atoms with van der Waals surface area (Å²) in [7, 11) is 1.61. The highest BCUT2D eigenvalue weighted by Gasteiger charge is 2.29. The summed E-state index contributed by atoms with van der Waals surface area (Å²) in [6.45, 7) is 5.39. The van der Waals surface area contributed by atoms with E-state index in [2.05, 4.69) is 19.2 Å². The van der Waals surface area contributed by atoms with Crippen LogP contribution in [0.1, 0.15) is 31.9 Å². The van der Waals surface area contributed by atoms with Crippen LogP contribution in [-0.2, 0) is 9.53 Å². The third kappa shape index (κ3) is 3.22. The molecular formula is C15H21NO4. The third-order valence-corrected chi connectivity index (χ3v) is 3.35. The molecular weight excluding hydrogens is 258 g/mol. The average molecular weight is 279 g/mol. The summed E-state index contributed by atoms with van der Waals surface area (Å²) in [5, 5.41) is 3.34. The Morgan fingerprint density at radius 1 is 1.50 bits per heavy atom. The first-order chi connectivity index (χ1) is 9.65.